The van der Waals surface area contributed by atoms with Crippen LogP contribution in [0.2, 0.25) is 0 Å². The summed E-state index contributed by atoms with van der Waals surface area (Å²) < 4.78 is 5.63. The summed E-state index contributed by atoms with van der Waals surface area (Å²) in [7, 11) is 0. The van der Waals surface area contributed by atoms with Crippen LogP contribution in [-0.4, -0.2) is 56.2 Å². The van der Waals surface area contributed by atoms with E-state index in [0.29, 0.717) is 6.54 Å². The van der Waals surface area contributed by atoms with Gasteiger partial charge in [0.2, 0.25) is 5.91 Å². The van der Waals surface area contributed by atoms with Gasteiger partial charge in [-0.2, -0.15) is 0 Å². The second kappa shape index (κ2) is 6.83. The molecule has 1 aliphatic heterocycles. The van der Waals surface area contributed by atoms with Crippen molar-refractivity contribution in [1.29, 1.82) is 0 Å². The number of carbonyl (C=O) groups excluding carboxylic acids is 1. The Morgan fingerprint density at radius 2 is 2.44 bits per heavy atom. The maximum Gasteiger partial charge on any atom is 0.221 e. The number of carbonyl (C=O) groups is 1. The number of nitrogens with one attached hydrogen (secondary N) is 1. The second-order valence-corrected chi connectivity index (χ2v) is 4.35. The van der Waals surface area contributed by atoms with Gasteiger partial charge < -0.3 is 15.8 Å². The van der Waals surface area contributed by atoms with Crippen molar-refractivity contribution in [1.82, 2.24) is 10.2 Å². The third-order valence-electron chi connectivity index (χ3n) is 2.98. The van der Waals surface area contributed by atoms with Crippen LogP contribution in [-0.2, 0) is 9.53 Å². The molecule has 1 amide bonds. The van der Waals surface area contributed by atoms with Crippen LogP contribution in [0.1, 0.15) is 13.8 Å². The van der Waals surface area contributed by atoms with E-state index in [2.05, 4.69) is 17.1 Å². The molecule has 0 radical (unpaired) electrons. The van der Waals surface area contributed by atoms with Gasteiger partial charge in [-0.05, 0) is 6.54 Å². The molecule has 1 rings (SSSR count). The fourth-order valence-corrected chi connectivity index (χ4v) is 1.75. The van der Waals surface area contributed by atoms with Gasteiger partial charge in [-0.3, -0.25) is 9.69 Å². The molecule has 0 aromatic carbocycles. The molecule has 2 atom stereocenters. The quantitative estimate of drug-likeness (QED) is 0.639. The average Bonchev–Trinajstić information content (AvgIpc) is 2.29. The van der Waals surface area contributed by atoms with Crippen LogP contribution in [0, 0.1) is 5.92 Å². The first kappa shape index (κ1) is 13.4. The predicted octanol–water partition coefficient (Wildman–Crippen LogP) is -0.582. The van der Waals surface area contributed by atoms with Crippen molar-refractivity contribution in [3.63, 3.8) is 0 Å². The van der Waals surface area contributed by atoms with Crippen LogP contribution in [0.3, 0.4) is 0 Å². The lowest BCUT2D eigenvalue weighted by Crippen LogP contribution is -2.47. The van der Waals surface area contributed by atoms with Gasteiger partial charge in [-0.15, -0.1) is 0 Å². The first-order chi connectivity index (χ1) is 7.63. The Kier molecular flexibility index (Phi) is 5.73. The molecule has 1 heterocycles. The maximum atomic E-state index is 10.8. The van der Waals surface area contributed by atoms with E-state index in [-0.39, 0.29) is 17.9 Å². The monoisotopic (exact) mass is 229 g/mol. The van der Waals surface area contributed by atoms with Crippen LogP contribution in [0.15, 0.2) is 0 Å². The number of primary amides is 1. The Hall–Kier alpha value is -0.650. The Morgan fingerprint density at radius 1 is 1.69 bits per heavy atom. The zero-order valence-electron chi connectivity index (χ0n) is 10.2. The third-order valence-corrected chi connectivity index (χ3v) is 2.98. The highest BCUT2D eigenvalue weighted by molar-refractivity contribution is 5.76. The smallest absolute Gasteiger partial charge is 0.221 e. The molecular formula is C11H23N3O2. The molecule has 5 nitrogen and oxygen atoms in total. The summed E-state index contributed by atoms with van der Waals surface area (Å²) in [6.07, 6.45) is 0.230. The Morgan fingerprint density at radius 3 is 3.06 bits per heavy atom. The van der Waals surface area contributed by atoms with Gasteiger partial charge >= 0.3 is 0 Å². The van der Waals surface area contributed by atoms with E-state index in [1.165, 1.54) is 0 Å². The summed E-state index contributed by atoms with van der Waals surface area (Å²) in [6, 6.07) is 0. The third kappa shape index (κ3) is 4.47. The standard InChI is InChI=1S/C11H23N3O2/c1-3-14-4-5-16-10(8-14)7-13-6-9(2)11(12)15/h9-10,13H,3-8H2,1-2H3,(H2,12,15). The maximum absolute atomic E-state index is 10.8. The minimum absolute atomic E-state index is 0.120. The number of rotatable bonds is 6. The molecule has 0 aromatic heterocycles. The lowest BCUT2D eigenvalue weighted by atomic mass is 10.1. The molecule has 0 bridgehead atoms. The first-order valence-corrected chi connectivity index (χ1v) is 5.97. The molecule has 1 aliphatic rings. The van der Waals surface area contributed by atoms with E-state index in [0.717, 1.165) is 32.8 Å². The zero-order chi connectivity index (χ0) is 12.0. The molecular weight excluding hydrogens is 206 g/mol. The summed E-state index contributed by atoms with van der Waals surface area (Å²) in [5.74, 6) is -0.377. The second-order valence-electron chi connectivity index (χ2n) is 4.35. The highest BCUT2D eigenvalue weighted by Gasteiger charge is 2.19. The minimum Gasteiger partial charge on any atom is -0.374 e. The Bertz CT molecular complexity index is 223. The summed E-state index contributed by atoms with van der Waals surface area (Å²) in [6.45, 7) is 9.25. The van der Waals surface area contributed by atoms with Crippen molar-refractivity contribution in [2.75, 3.05) is 39.3 Å². The first-order valence-electron chi connectivity index (χ1n) is 5.97. The number of hydrogen-bond acceptors (Lipinski definition) is 4. The van der Waals surface area contributed by atoms with Crippen molar-refractivity contribution in [3.05, 3.63) is 0 Å². The van der Waals surface area contributed by atoms with Gasteiger partial charge in [0, 0.05) is 32.1 Å². The SMILES string of the molecule is CCN1CCOC(CNCC(C)C(N)=O)C1. The van der Waals surface area contributed by atoms with Gasteiger partial charge in [0.1, 0.15) is 0 Å². The fourth-order valence-electron chi connectivity index (χ4n) is 1.75. The van der Waals surface area contributed by atoms with Crippen LogP contribution >= 0.6 is 0 Å². The Balaban J connectivity index is 2.15. The lowest BCUT2D eigenvalue weighted by Gasteiger charge is -2.32. The molecule has 0 aliphatic carbocycles. The molecule has 1 fully saturated rings. The average molecular weight is 229 g/mol. The van der Waals surface area contributed by atoms with E-state index in [1.54, 1.807) is 0 Å². The van der Waals surface area contributed by atoms with Gasteiger partial charge in [0.25, 0.3) is 0 Å². The van der Waals surface area contributed by atoms with Gasteiger partial charge in [0.05, 0.1) is 12.7 Å². The normalized spacial score (nSPS) is 24.2. The van der Waals surface area contributed by atoms with Crippen LogP contribution in [0.25, 0.3) is 0 Å². The molecule has 2 unspecified atom stereocenters. The summed E-state index contributed by atoms with van der Waals surface area (Å²) in [5.41, 5.74) is 5.18. The highest BCUT2D eigenvalue weighted by atomic mass is 16.5. The molecule has 1 saturated heterocycles. The van der Waals surface area contributed by atoms with E-state index in [9.17, 15) is 4.79 Å². The van der Waals surface area contributed by atoms with E-state index in [1.807, 2.05) is 6.92 Å². The fraction of sp³-hybridized carbons (Fsp3) is 0.909. The summed E-state index contributed by atoms with van der Waals surface area (Å²) in [4.78, 5) is 13.2. The van der Waals surface area contributed by atoms with Crippen molar-refractivity contribution < 1.29 is 9.53 Å². The molecule has 0 aromatic rings. The topological polar surface area (TPSA) is 67.6 Å². The molecule has 94 valence electrons. The minimum atomic E-state index is -0.257. The summed E-state index contributed by atoms with van der Waals surface area (Å²) in [5, 5.41) is 3.23. The number of nitrogens with two attached hydrogens (primary N) is 1. The summed E-state index contributed by atoms with van der Waals surface area (Å²) >= 11 is 0. The number of morpholine rings is 1. The Labute approximate surface area is 97.3 Å². The number of likely N-dealkylation sites (N-methyl/N-ethyl adjacent to an activating group) is 1. The molecule has 16 heavy (non-hydrogen) atoms. The van der Waals surface area contributed by atoms with Crippen LogP contribution in [0.4, 0.5) is 0 Å². The molecule has 3 N–H and O–H groups in total. The highest BCUT2D eigenvalue weighted by Crippen LogP contribution is 2.03. The largest absolute Gasteiger partial charge is 0.374 e. The number of amides is 1. The lowest BCUT2D eigenvalue weighted by molar-refractivity contribution is -0.121. The molecule has 0 spiro atoms. The van der Waals surface area contributed by atoms with Crippen molar-refractivity contribution in [2.45, 2.75) is 20.0 Å². The van der Waals surface area contributed by atoms with Crippen molar-refractivity contribution >= 4 is 5.91 Å². The van der Waals surface area contributed by atoms with Crippen LogP contribution < -0.4 is 11.1 Å². The molecule has 5 heteroatoms. The number of hydrogen-bond donors (Lipinski definition) is 2. The van der Waals surface area contributed by atoms with E-state index in [4.69, 9.17) is 10.5 Å². The van der Waals surface area contributed by atoms with Crippen molar-refractivity contribution in [2.24, 2.45) is 11.7 Å². The number of nitrogens with zero attached hydrogens (tertiary/aromatic N) is 1. The number of ether oxygens (including phenoxy) is 1. The van der Waals surface area contributed by atoms with Crippen molar-refractivity contribution in [3.8, 4) is 0 Å². The predicted molar refractivity (Wildman–Crippen MR) is 63.1 cm³/mol. The van der Waals surface area contributed by atoms with Gasteiger partial charge in [0.15, 0.2) is 0 Å². The van der Waals surface area contributed by atoms with E-state index < -0.39 is 0 Å². The van der Waals surface area contributed by atoms with Gasteiger partial charge in [-0.1, -0.05) is 13.8 Å². The van der Waals surface area contributed by atoms with E-state index >= 15 is 0 Å². The van der Waals surface area contributed by atoms with Gasteiger partial charge in [-0.25, -0.2) is 0 Å². The zero-order valence-corrected chi connectivity index (χ0v) is 10.2. The molecule has 0 saturated carbocycles. The van der Waals surface area contributed by atoms with Crippen LogP contribution in [0.5, 0.6) is 0 Å².